The molecule has 2 aliphatic heterocycles. The number of amides is 4. The lowest BCUT2D eigenvalue weighted by molar-refractivity contribution is -0.144. The molecule has 2 saturated heterocycles. The lowest BCUT2D eigenvalue weighted by atomic mass is 9.85. The van der Waals surface area contributed by atoms with Gasteiger partial charge >= 0.3 is 0 Å². The number of carbonyl (C=O) groups excluding carboxylic acids is 4. The fraction of sp³-hybridized carbons (Fsp3) is 0.571. The highest BCUT2D eigenvalue weighted by Crippen LogP contribution is 2.30. The zero-order valence-corrected chi connectivity index (χ0v) is 35.2. The molecule has 310 valence electrons. The SMILES string of the molecule is CNCCN1CCN(c2ccc(C(=O)NCCCCCC(=O)N[C@H](C(=O)N3C[C@H](O)C[C@H]3C(=O)N[C@@H](C)c3ccc(-c4scnc4C)cc3)C(C)(C)C)cn2)CC1. The summed E-state index contributed by atoms with van der Waals surface area (Å²) in [4.78, 5) is 69.6. The number of rotatable bonds is 17. The molecule has 2 fully saturated rings. The molecule has 5 rings (SSSR count). The molecule has 0 saturated carbocycles. The largest absolute Gasteiger partial charge is 0.391 e. The van der Waals surface area contributed by atoms with Gasteiger partial charge in [-0.15, -0.1) is 11.3 Å². The molecule has 4 amide bonds. The molecule has 0 radical (unpaired) electrons. The van der Waals surface area contributed by atoms with E-state index in [9.17, 15) is 24.3 Å². The lowest BCUT2D eigenvalue weighted by Crippen LogP contribution is -2.57. The van der Waals surface area contributed by atoms with Crippen LogP contribution in [0.2, 0.25) is 0 Å². The Bertz CT molecular complexity index is 1790. The normalized spacial score (nSPS) is 18.6. The van der Waals surface area contributed by atoms with Crippen LogP contribution in [0.3, 0.4) is 0 Å². The number of β-amino-alcohol motifs (C(OH)–C–C–N with tert-alkyl or cyclic N) is 1. The minimum atomic E-state index is -0.891. The molecule has 0 unspecified atom stereocenters. The molecule has 57 heavy (non-hydrogen) atoms. The quantitative estimate of drug-likeness (QED) is 0.127. The predicted octanol–water partition coefficient (Wildman–Crippen LogP) is 3.52. The first-order chi connectivity index (χ1) is 27.2. The van der Waals surface area contributed by atoms with E-state index in [0.29, 0.717) is 31.4 Å². The van der Waals surface area contributed by atoms with Crippen LogP contribution in [-0.2, 0) is 14.4 Å². The van der Waals surface area contributed by atoms with E-state index in [-0.39, 0.29) is 43.1 Å². The summed E-state index contributed by atoms with van der Waals surface area (Å²) >= 11 is 1.58. The number of nitrogens with zero attached hydrogens (tertiary/aromatic N) is 5. The van der Waals surface area contributed by atoms with Crippen molar-refractivity contribution in [3.05, 3.63) is 64.9 Å². The van der Waals surface area contributed by atoms with Crippen LogP contribution in [0.25, 0.3) is 10.4 Å². The summed E-state index contributed by atoms with van der Waals surface area (Å²) in [6.45, 7) is 15.7. The van der Waals surface area contributed by atoms with Crippen molar-refractivity contribution in [1.29, 1.82) is 0 Å². The Kier molecular flexibility index (Phi) is 15.6. The van der Waals surface area contributed by atoms with E-state index in [4.69, 9.17) is 0 Å². The van der Waals surface area contributed by atoms with Gasteiger partial charge in [-0.2, -0.15) is 0 Å². The summed E-state index contributed by atoms with van der Waals surface area (Å²) in [6.07, 6.45) is 3.10. The van der Waals surface area contributed by atoms with Crippen molar-refractivity contribution in [2.24, 2.45) is 5.41 Å². The third kappa shape index (κ3) is 12.0. The standard InChI is InChI=1S/C42H61N9O5S/c1-28(30-11-13-31(14-12-30)37-29(2)46-27-57-37)47-40(55)34-24-33(52)26-51(34)41(56)38(42(3,4)5)48-36(53)10-8-7-9-17-44-39(54)32-15-16-35(45-25-32)50-22-20-49(21-23-50)19-18-43-6/h11-16,25,27-28,33-34,38,43,52H,7-10,17-24,26H2,1-6H3,(H,44,54)(H,47,55)(H,48,53)/t28-,33+,34-,38+/m0/s1. The van der Waals surface area contributed by atoms with E-state index >= 15 is 0 Å². The summed E-state index contributed by atoms with van der Waals surface area (Å²) in [7, 11) is 1.96. The van der Waals surface area contributed by atoms with E-state index in [2.05, 4.69) is 41.0 Å². The van der Waals surface area contributed by atoms with Crippen LogP contribution in [0.15, 0.2) is 48.1 Å². The topological polar surface area (TPSA) is 172 Å². The molecule has 2 aromatic heterocycles. The predicted molar refractivity (Wildman–Crippen MR) is 224 cm³/mol. The minimum Gasteiger partial charge on any atom is -0.391 e. The van der Waals surface area contributed by atoms with E-state index in [1.807, 2.05) is 83.6 Å². The van der Waals surface area contributed by atoms with Gasteiger partial charge in [-0.05, 0) is 62.4 Å². The summed E-state index contributed by atoms with van der Waals surface area (Å²) in [6, 6.07) is 9.59. The van der Waals surface area contributed by atoms with E-state index in [1.165, 1.54) is 4.90 Å². The van der Waals surface area contributed by atoms with Crippen molar-refractivity contribution in [3.8, 4) is 10.4 Å². The molecule has 14 nitrogen and oxygen atoms in total. The van der Waals surface area contributed by atoms with Crippen molar-refractivity contribution in [1.82, 2.24) is 41.0 Å². The molecule has 4 atom stereocenters. The van der Waals surface area contributed by atoms with Gasteiger partial charge in [-0.3, -0.25) is 24.1 Å². The Hall–Kier alpha value is -4.44. The molecule has 4 heterocycles. The number of piperazine rings is 1. The number of unbranched alkanes of at least 4 members (excludes halogenated alkanes) is 2. The maximum Gasteiger partial charge on any atom is 0.252 e. The highest BCUT2D eigenvalue weighted by atomic mass is 32.1. The number of aliphatic hydroxyl groups is 1. The van der Waals surface area contributed by atoms with Gasteiger partial charge in [-0.1, -0.05) is 51.5 Å². The van der Waals surface area contributed by atoms with Crippen molar-refractivity contribution < 1.29 is 24.3 Å². The molecule has 15 heteroatoms. The Morgan fingerprint density at radius 2 is 1.68 bits per heavy atom. The molecule has 0 bridgehead atoms. The second-order valence-corrected chi connectivity index (χ2v) is 17.1. The van der Waals surface area contributed by atoms with Crippen LogP contribution in [0.1, 0.15) is 87.5 Å². The van der Waals surface area contributed by atoms with Gasteiger partial charge in [0.05, 0.1) is 33.8 Å². The zero-order valence-electron chi connectivity index (χ0n) is 34.3. The molecular formula is C42H61N9O5S. The number of likely N-dealkylation sites (tertiary alicyclic amines) is 1. The highest BCUT2D eigenvalue weighted by Gasteiger charge is 2.44. The Morgan fingerprint density at radius 1 is 0.947 bits per heavy atom. The number of aromatic nitrogens is 2. The average molecular weight is 804 g/mol. The monoisotopic (exact) mass is 803 g/mol. The maximum absolute atomic E-state index is 14.0. The Morgan fingerprint density at radius 3 is 2.32 bits per heavy atom. The average Bonchev–Trinajstić information content (AvgIpc) is 3.82. The number of benzene rings is 1. The molecule has 0 spiro atoms. The van der Waals surface area contributed by atoms with Gasteiger partial charge in [0.25, 0.3) is 5.91 Å². The molecular weight excluding hydrogens is 743 g/mol. The number of nitrogens with one attached hydrogen (secondary N) is 4. The molecule has 2 aliphatic rings. The summed E-state index contributed by atoms with van der Waals surface area (Å²) in [5.41, 5.74) is 4.63. The van der Waals surface area contributed by atoms with Crippen LogP contribution < -0.4 is 26.2 Å². The first-order valence-corrected chi connectivity index (χ1v) is 21.1. The van der Waals surface area contributed by atoms with Gasteiger partial charge in [0, 0.05) is 71.4 Å². The fourth-order valence-electron chi connectivity index (χ4n) is 7.32. The van der Waals surface area contributed by atoms with Gasteiger partial charge in [0.1, 0.15) is 17.9 Å². The van der Waals surface area contributed by atoms with E-state index in [0.717, 1.165) is 66.8 Å². The van der Waals surface area contributed by atoms with Crippen molar-refractivity contribution in [2.45, 2.75) is 91.0 Å². The summed E-state index contributed by atoms with van der Waals surface area (Å²) in [5.74, 6) is -0.302. The number of likely N-dealkylation sites (N-methyl/N-ethyl adjacent to an activating group) is 1. The Balaban J connectivity index is 1.04. The molecule has 0 aliphatic carbocycles. The van der Waals surface area contributed by atoms with Crippen molar-refractivity contribution >= 4 is 40.8 Å². The maximum atomic E-state index is 14.0. The number of aryl methyl sites for hydroxylation is 1. The van der Waals surface area contributed by atoms with Crippen LogP contribution >= 0.6 is 11.3 Å². The number of anilines is 1. The smallest absolute Gasteiger partial charge is 0.252 e. The first-order valence-electron chi connectivity index (χ1n) is 20.2. The summed E-state index contributed by atoms with van der Waals surface area (Å²) in [5, 5.41) is 22.7. The Labute approximate surface area is 341 Å². The highest BCUT2D eigenvalue weighted by molar-refractivity contribution is 7.13. The fourth-order valence-corrected chi connectivity index (χ4v) is 8.13. The van der Waals surface area contributed by atoms with Gasteiger partial charge in [-0.25, -0.2) is 9.97 Å². The number of aliphatic hydroxyl groups excluding tert-OH is 1. The van der Waals surface area contributed by atoms with Gasteiger partial charge in [0.15, 0.2) is 0 Å². The second-order valence-electron chi connectivity index (χ2n) is 16.3. The van der Waals surface area contributed by atoms with E-state index < -0.39 is 29.5 Å². The third-order valence-electron chi connectivity index (χ3n) is 10.8. The third-order valence-corrected chi connectivity index (χ3v) is 11.8. The van der Waals surface area contributed by atoms with Crippen molar-refractivity contribution in [2.75, 3.05) is 64.3 Å². The summed E-state index contributed by atoms with van der Waals surface area (Å²) < 4.78 is 0. The number of thiazole rings is 1. The molecule has 5 N–H and O–H groups in total. The van der Waals surface area contributed by atoms with Crippen LogP contribution in [0.4, 0.5) is 5.82 Å². The van der Waals surface area contributed by atoms with Crippen molar-refractivity contribution in [3.63, 3.8) is 0 Å². The van der Waals surface area contributed by atoms with Crippen LogP contribution in [0, 0.1) is 12.3 Å². The second kappa shape index (κ2) is 20.3. The molecule has 1 aromatic carbocycles. The van der Waals surface area contributed by atoms with Crippen LogP contribution in [0.5, 0.6) is 0 Å². The lowest BCUT2D eigenvalue weighted by Gasteiger charge is -2.35. The van der Waals surface area contributed by atoms with Crippen LogP contribution in [-0.4, -0.2) is 126 Å². The minimum absolute atomic E-state index is 0.0112. The molecule has 3 aromatic rings. The number of pyridine rings is 1. The number of hydrogen-bond donors (Lipinski definition) is 5. The van der Waals surface area contributed by atoms with E-state index in [1.54, 1.807) is 17.5 Å². The zero-order chi connectivity index (χ0) is 41.1. The van der Waals surface area contributed by atoms with Gasteiger partial charge < -0.3 is 36.2 Å². The van der Waals surface area contributed by atoms with Gasteiger partial charge in [0.2, 0.25) is 17.7 Å². The first kappa shape index (κ1) is 43.7. The number of carbonyl (C=O) groups is 4. The number of hydrogen-bond acceptors (Lipinski definition) is 11.